The zero-order valence-electron chi connectivity index (χ0n) is 17.9. The van der Waals surface area contributed by atoms with Gasteiger partial charge in [0.2, 0.25) is 0 Å². The van der Waals surface area contributed by atoms with Crippen molar-refractivity contribution in [2.45, 2.75) is 0 Å². The van der Waals surface area contributed by atoms with Gasteiger partial charge in [0.05, 0.1) is 17.4 Å². The Morgan fingerprint density at radius 2 is 1.84 bits per heavy atom. The summed E-state index contributed by atoms with van der Waals surface area (Å²) in [6.45, 7) is 3.65. The zero-order valence-corrected chi connectivity index (χ0v) is 17.9. The van der Waals surface area contributed by atoms with E-state index in [9.17, 15) is 4.79 Å². The van der Waals surface area contributed by atoms with Crippen molar-refractivity contribution in [3.05, 3.63) is 54.9 Å². The summed E-state index contributed by atoms with van der Waals surface area (Å²) in [6, 6.07) is 7.37. The van der Waals surface area contributed by atoms with Gasteiger partial charge in [-0.15, -0.1) is 0 Å². The van der Waals surface area contributed by atoms with Gasteiger partial charge in [-0.2, -0.15) is 5.10 Å². The third kappa shape index (κ3) is 4.12. The molecule has 0 unspecified atom stereocenters. The van der Waals surface area contributed by atoms with Crippen molar-refractivity contribution in [1.82, 2.24) is 34.6 Å². The molecule has 162 valence electrons. The summed E-state index contributed by atoms with van der Waals surface area (Å²) in [7, 11) is 3.96. The fraction of sp³-hybridized carbons (Fsp3) is 0.273. The van der Waals surface area contributed by atoms with Crippen molar-refractivity contribution in [1.29, 1.82) is 0 Å². The normalized spacial score (nSPS) is 14.6. The summed E-state index contributed by atoms with van der Waals surface area (Å²) in [6.07, 6.45) is 6.80. The van der Waals surface area contributed by atoms with Gasteiger partial charge in [0.1, 0.15) is 23.7 Å². The van der Waals surface area contributed by atoms with Crippen LogP contribution in [-0.4, -0.2) is 73.8 Å². The molecule has 1 N–H and O–H groups in total. The second kappa shape index (κ2) is 8.31. The molecule has 0 aliphatic carbocycles. The lowest BCUT2D eigenvalue weighted by Gasteiger charge is -2.33. The van der Waals surface area contributed by atoms with Crippen LogP contribution in [0.15, 0.2) is 49.2 Å². The molecule has 10 heteroatoms. The van der Waals surface area contributed by atoms with Crippen molar-refractivity contribution in [3.8, 4) is 11.3 Å². The number of piperazine rings is 1. The topological polar surface area (TPSA) is 105 Å². The van der Waals surface area contributed by atoms with Crippen LogP contribution in [0.3, 0.4) is 0 Å². The van der Waals surface area contributed by atoms with E-state index in [2.05, 4.69) is 42.2 Å². The first kappa shape index (κ1) is 20.0. The van der Waals surface area contributed by atoms with Crippen molar-refractivity contribution in [2.75, 3.05) is 43.4 Å². The molecule has 1 aliphatic rings. The Morgan fingerprint density at radius 1 is 1.00 bits per heavy atom. The molecule has 0 bridgehead atoms. The average Bonchev–Trinajstić information content (AvgIpc) is 3.25. The van der Waals surface area contributed by atoms with E-state index in [1.54, 1.807) is 29.2 Å². The van der Waals surface area contributed by atoms with Gasteiger partial charge in [0.25, 0.3) is 5.91 Å². The first-order chi connectivity index (χ1) is 15.5. The van der Waals surface area contributed by atoms with Gasteiger partial charge in [-0.25, -0.2) is 19.9 Å². The maximum absolute atomic E-state index is 12.8. The molecule has 0 aromatic carbocycles. The Labute approximate surface area is 184 Å². The van der Waals surface area contributed by atoms with E-state index in [0.29, 0.717) is 11.5 Å². The average molecular weight is 429 g/mol. The van der Waals surface area contributed by atoms with E-state index in [0.717, 1.165) is 54.2 Å². The van der Waals surface area contributed by atoms with Crippen LogP contribution >= 0.6 is 0 Å². The number of carbonyl (C=O) groups is 1. The van der Waals surface area contributed by atoms with E-state index in [1.165, 1.54) is 6.33 Å². The van der Waals surface area contributed by atoms with Crippen LogP contribution in [0.4, 0.5) is 11.6 Å². The first-order valence-electron chi connectivity index (χ1n) is 10.4. The van der Waals surface area contributed by atoms with E-state index in [4.69, 9.17) is 4.98 Å². The Hall–Kier alpha value is -3.92. The third-order valence-electron chi connectivity index (χ3n) is 5.53. The number of nitrogens with zero attached hydrogens (tertiary/aromatic N) is 8. The van der Waals surface area contributed by atoms with Gasteiger partial charge in [0, 0.05) is 68.7 Å². The van der Waals surface area contributed by atoms with Crippen molar-refractivity contribution < 1.29 is 4.79 Å². The molecule has 10 nitrogen and oxygen atoms in total. The molecule has 1 aliphatic heterocycles. The first-order valence-corrected chi connectivity index (χ1v) is 10.4. The molecule has 4 aromatic rings. The number of anilines is 2. The molecule has 0 atom stereocenters. The number of likely N-dealkylation sites (N-methyl/N-ethyl adjacent to an activating group) is 1. The fourth-order valence-electron chi connectivity index (χ4n) is 3.66. The fourth-order valence-corrected chi connectivity index (χ4v) is 3.66. The largest absolute Gasteiger partial charge is 0.354 e. The molecular formula is C22H23N9O. The molecular weight excluding hydrogens is 406 g/mol. The summed E-state index contributed by atoms with van der Waals surface area (Å²) in [5.74, 6) is 0.837. The Kier molecular flexibility index (Phi) is 5.20. The molecule has 1 saturated heterocycles. The summed E-state index contributed by atoms with van der Waals surface area (Å²) in [5, 5.41) is 7.91. The number of nitrogens with one attached hydrogen (secondary N) is 1. The van der Waals surface area contributed by atoms with Gasteiger partial charge < -0.3 is 15.1 Å². The van der Waals surface area contributed by atoms with Gasteiger partial charge in [-0.1, -0.05) is 0 Å². The number of rotatable bonds is 4. The lowest BCUT2D eigenvalue weighted by Crippen LogP contribution is -2.44. The van der Waals surface area contributed by atoms with Crippen LogP contribution in [-0.2, 0) is 7.05 Å². The van der Waals surface area contributed by atoms with Crippen molar-refractivity contribution in [3.63, 3.8) is 0 Å². The molecule has 1 fully saturated rings. The smallest absolute Gasteiger partial charge is 0.275 e. The van der Waals surface area contributed by atoms with Crippen LogP contribution in [0.25, 0.3) is 22.2 Å². The molecule has 4 aromatic heterocycles. The lowest BCUT2D eigenvalue weighted by molar-refractivity contribution is 0.102. The Bertz CT molecular complexity index is 1280. The highest BCUT2D eigenvalue weighted by atomic mass is 16.1. The highest BCUT2D eigenvalue weighted by Crippen LogP contribution is 2.22. The van der Waals surface area contributed by atoms with Crippen molar-refractivity contribution in [2.24, 2.45) is 7.05 Å². The summed E-state index contributed by atoms with van der Waals surface area (Å²) < 4.78 is 1.73. The second-order valence-electron chi connectivity index (χ2n) is 7.87. The van der Waals surface area contributed by atoms with E-state index < -0.39 is 0 Å². The highest BCUT2D eigenvalue weighted by Gasteiger charge is 2.18. The third-order valence-corrected chi connectivity index (χ3v) is 5.53. The number of pyridine rings is 2. The van der Waals surface area contributed by atoms with Gasteiger partial charge in [-0.05, 0) is 19.2 Å². The zero-order chi connectivity index (χ0) is 22.1. The van der Waals surface area contributed by atoms with E-state index >= 15 is 0 Å². The lowest BCUT2D eigenvalue weighted by atomic mass is 10.2. The Balaban J connectivity index is 1.36. The standard InChI is InChI=1S/C22H23N9O/c1-29-5-7-31(8-6-29)21-10-19(24-14-25-21)22(32)28-20-9-18-15(11-23-20)3-4-17(27-18)16-12-26-30(2)13-16/h3-4,9-14H,5-8H2,1-2H3,(H,23,28,32). The van der Waals surface area contributed by atoms with Crippen LogP contribution in [0.1, 0.15) is 10.5 Å². The van der Waals surface area contributed by atoms with Gasteiger partial charge in [0.15, 0.2) is 0 Å². The molecule has 5 heterocycles. The maximum atomic E-state index is 12.8. The second-order valence-corrected chi connectivity index (χ2v) is 7.87. The number of hydrogen-bond acceptors (Lipinski definition) is 8. The van der Waals surface area contributed by atoms with E-state index in [-0.39, 0.29) is 5.91 Å². The number of aromatic nitrogens is 6. The number of amides is 1. The van der Waals surface area contributed by atoms with E-state index in [1.807, 2.05) is 25.4 Å². The predicted molar refractivity (Wildman–Crippen MR) is 121 cm³/mol. The molecule has 0 spiro atoms. The SMILES string of the molecule is CN1CCN(c2cc(C(=O)Nc3cc4nc(-c5cnn(C)c5)ccc4cn3)ncn2)CC1. The van der Waals surface area contributed by atoms with Gasteiger partial charge in [-0.3, -0.25) is 9.48 Å². The monoisotopic (exact) mass is 429 g/mol. The van der Waals surface area contributed by atoms with Crippen LogP contribution in [0, 0.1) is 0 Å². The minimum atomic E-state index is -0.335. The maximum Gasteiger partial charge on any atom is 0.275 e. The number of fused-ring (bicyclic) bond motifs is 1. The number of hydrogen-bond donors (Lipinski definition) is 1. The minimum Gasteiger partial charge on any atom is -0.354 e. The van der Waals surface area contributed by atoms with Crippen LogP contribution in [0.5, 0.6) is 0 Å². The van der Waals surface area contributed by atoms with Crippen molar-refractivity contribution >= 4 is 28.4 Å². The minimum absolute atomic E-state index is 0.299. The summed E-state index contributed by atoms with van der Waals surface area (Å²) in [5.41, 5.74) is 2.77. The molecule has 32 heavy (non-hydrogen) atoms. The summed E-state index contributed by atoms with van der Waals surface area (Å²) >= 11 is 0. The number of carbonyl (C=O) groups excluding carboxylic acids is 1. The molecule has 5 rings (SSSR count). The highest BCUT2D eigenvalue weighted by molar-refractivity contribution is 6.03. The number of aryl methyl sites for hydroxylation is 1. The predicted octanol–water partition coefficient (Wildman–Crippen LogP) is 1.82. The molecule has 0 saturated carbocycles. The quantitative estimate of drug-likeness (QED) is 0.524. The van der Waals surface area contributed by atoms with Gasteiger partial charge >= 0.3 is 0 Å². The van der Waals surface area contributed by atoms with Crippen LogP contribution < -0.4 is 10.2 Å². The molecule has 0 radical (unpaired) electrons. The summed E-state index contributed by atoms with van der Waals surface area (Å²) in [4.78, 5) is 34.8. The Morgan fingerprint density at radius 3 is 2.62 bits per heavy atom. The van der Waals surface area contributed by atoms with Crippen LogP contribution in [0.2, 0.25) is 0 Å². The molecule has 1 amide bonds.